The van der Waals surface area contributed by atoms with Crippen molar-refractivity contribution in [2.75, 3.05) is 13.2 Å². The number of carbonyl (C=O) groups excluding carboxylic acids is 1. The van der Waals surface area contributed by atoms with Gasteiger partial charge in [0.1, 0.15) is 0 Å². The van der Waals surface area contributed by atoms with E-state index < -0.39 is 5.54 Å². The van der Waals surface area contributed by atoms with E-state index in [9.17, 15) is 15.0 Å². The van der Waals surface area contributed by atoms with Gasteiger partial charge in [0, 0.05) is 5.92 Å². The van der Waals surface area contributed by atoms with E-state index in [1.165, 1.54) is 6.42 Å². The zero-order valence-electron chi connectivity index (χ0n) is 11.8. The van der Waals surface area contributed by atoms with E-state index in [1.807, 2.05) is 0 Å². The molecule has 1 rings (SSSR count). The number of nitrogens with one attached hydrogen (secondary N) is 1. The van der Waals surface area contributed by atoms with E-state index >= 15 is 0 Å². The molecule has 0 spiro atoms. The highest BCUT2D eigenvalue weighted by atomic mass is 16.3. The fourth-order valence-electron chi connectivity index (χ4n) is 2.60. The standard InChI is InChI=1S/C14H27NO3/c1-10(2)11-5-4-6-12(7-11)13(18)15-14(3,8-16)9-17/h10-12,16-17H,4-9H2,1-3H3,(H,15,18). The van der Waals surface area contributed by atoms with Crippen molar-refractivity contribution in [2.45, 2.75) is 52.0 Å². The van der Waals surface area contributed by atoms with Crippen molar-refractivity contribution < 1.29 is 15.0 Å². The van der Waals surface area contributed by atoms with Gasteiger partial charge in [0.25, 0.3) is 0 Å². The number of rotatable bonds is 5. The molecular formula is C14H27NO3. The summed E-state index contributed by atoms with van der Waals surface area (Å²) < 4.78 is 0. The smallest absolute Gasteiger partial charge is 0.223 e. The van der Waals surface area contributed by atoms with Crippen LogP contribution in [0.1, 0.15) is 46.5 Å². The third kappa shape index (κ3) is 3.95. The summed E-state index contributed by atoms with van der Waals surface area (Å²) in [5.41, 5.74) is -0.901. The molecule has 1 aliphatic rings. The SMILES string of the molecule is CC(C)C1CCCC(C(=O)NC(C)(CO)CO)C1. The normalized spacial score (nSPS) is 25.2. The van der Waals surface area contributed by atoms with Crippen LogP contribution in [0.3, 0.4) is 0 Å². The molecule has 0 saturated heterocycles. The van der Waals surface area contributed by atoms with Crippen LogP contribution >= 0.6 is 0 Å². The highest BCUT2D eigenvalue weighted by Gasteiger charge is 2.32. The average Bonchev–Trinajstić information content (AvgIpc) is 2.38. The molecule has 4 nitrogen and oxygen atoms in total. The van der Waals surface area contributed by atoms with Crippen LogP contribution in [0.25, 0.3) is 0 Å². The zero-order chi connectivity index (χ0) is 13.8. The predicted molar refractivity (Wildman–Crippen MR) is 71.0 cm³/mol. The van der Waals surface area contributed by atoms with Gasteiger partial charge >= 0.3 is 0 Å². The largest absolute Gasteiger partial charge is 0.394 e. The minimum Gasteiger partial charge on any atom is -0.394 e. The Morgan fingerprint density at radius 2 is 1.94 bits per heavy atom. The summed E-state index contributed by atoms with van der Waals surface area (Å²) in [6.45, 7) is 5.59. The fraction of sp³-hybridized carbons (Fsp3) is 0.929. The Hall–Kier alpha value is -0.610. The van der Waals surface area contributed by atoms with Crippen LogP contribution in [0.4, 0.5) is 0 Å². The minimum absolute atomic E-state index is 0.0223. The molecule has 1 amide bonds. The van der Waals surface area contributed by atoms with Gasteiger partial charge in [0.2, 0.25) is 5.91 Å². The quantitative estimate of drug-likeness (QED) is 0.695. The van der Waals surface area contributed by atoms with Crippen LogP contribution in [-0.4, -0.2) is 34.9 Å². The maximum Gasteiger partial charge on any atom is 0.223 e. The van der Waals surface area contributed by atoms with Gasteiger partial charge in [0.15, 0.2) is 0 Å². The second-order valence-electron chi connectivity index (χ2n) is 6.23. The Balaban J connectivity index is 2.56. The zero-order valence-corrected chi connectivity index (χ0v) is 11.8. The molecular weight excluding hydrogens is 230 g/mol. The van der Waals surface area contributed by atoms with Crippen LogP contribution in [0.5, 0.6) is 0 Å². The van der Waals surface area contributed by atoms with E-state index in [4.69, 9.17) is 0 Å². The molecule has 0 aliphatic heterocycles. The second kappa shape index (κ2) is 6.53. The van der Waals surface area contributed by atoms with Crippen molar-refractivity contribution in [3.05, 3.63) is 0 Å². The van der Waals surface area contributed by atoms with Gasteiger partial charge in [-0.25, -0.2) is 0 Å². The van der Waals surface area contributed by atoms with Gasteiger partial charge in [0.05, 0.1) is 18.8 Å². The summed E-state index contributed by atoms with van der Waals surface area (Å²) in [5, 5.41) is 21.2. The third-order valence-corrected chi connectivity index (χ3v) is 4.15. The summed E-state index contributed by atoms with van der Waals surface area (Å²) in [5.74, 6) is 1.24. The first kappa shape index (κ1) is 15.4. The third-order valence-electron chi connectivity index (χ3n) is 4.15. The van der Waals surface area contributed by atoms with E-state index in [2.05, 4.69) is 19.2 Å². The first-order valence-corrected chi connectivity index (χ1v) is 6.95. The molecule has 3 N–H and O–H groups in total. The minimum atomic E-state index is -0.901. The van der Waals surface area contributed by atoms with Gasteiger partial charge in [-0.15, -0.1) is 0 Å². The molecule has 0 aromatic rings. The van der Waals surface area contributed by atoms with E-state index in [0.717, 1.165) is 19.3 Å². The van der Waals surface area contributed by atoms with Crippen LogP contribution < -0.4 is 5.32 Å². The average molecular weight is 257 g/mol. The Kier molecular flexibility index (Phi) is 5.60. The molecule has 2 unspecified atom stereocenters. The van der Waals surface area contributed by atoms with E-state index in [0.29, 0.717) is 11.8 Å². The molecule has 1 aliphatic carbocycles. The summed E-state index contributed by atoms with van der Waals surface area (Å²) in [4.78, 5) is 12.2. The molecule has 0 bridgehead atoms. The lowest BCUT2D eigenvalue weighted by molar-refractivity contribution is -0.129. The van der Waals surface area contributed by atoms with Gasteiger partial charge in [-0.2, -0.15) is 0 Å². The number of aliphatic hydroxyl groups is 2. The number of hydrogen-bond donors (Lipinski definition) is 3. The van der Waals surface area contributed by atoms with Crippen molar-refractivity contribution in [3.63, 3.8) is 0 Å². The van der Waals surface area contributed by atoms with Crippen LogP contribution in [-0.2, 0) is 4.79 Å². The molecule has 2 atom stereocenters. The topological polar surface area (TPSA) is 69.6 Å². The molecule has 0 aromatic heterocycles. The Morgan fingerprint density at radius 3 is 2.44 bits per heavy atom. The predicted octanol–water partition coefficient (Wildman–Crippen LogP) is 1.31. The number of hydrogen-bond acceptors (Lipinski definition) is 3. The van der Waals surface area contributed by atoms with Crippen molar-refractivity contribution in [2.24, 2.45) is 17.8 Å². The van der Waals surface area contributed by atoms with Gasteiger partial charge < -0.3 is 15.5 Å². The van der Waals surface area contributed by atoms with E-state index in [-0.39, 0.29) is 25.0 Å². The summed E-state index contributed by atoms with van der Waals surface area (Å²) in [6, 6.07) is 0. The number of amides is 1. The lowest BCUT2D eigenvalue weighted by atomic mass is 9.75. The molecule has 4 heteroatoms. The van der Waals surface area contributed by atoms with Crippen molar-refractivity contribution in [3.8, 4) is 0 Å². The maximum atomic E-state index is 12.2. The number of aliphatic hydroxyl groups excluding tert-OH is 2. The van der Waals surface area contributed by atoms with Crippen LogP contribution in [0, 0.1) is 17.8 Å². The molecule has 1 saturated carbocycles. The second-order valence-corrected chi connectivity index (χ2v) is 6.23. The molecule has 0 aromatic carbocycles. The van der Waals surface area contributed by atoms with Crippen molar-refractivity contribution >= 4 is 5.91 Å². The van der Waals surface area contributed by atoms with Crippen molar-refractivity contribution in [1.29, 1.82) is 0 Å². The molecule has 18 heavy (non-hydrogen) atoms. The number of carbonyl (C=O) groups is 1. The first-order valence-electron chi connectivity index (χ1n) is 6.95. The van der Waals surface area contributed by atoms with Crippen LogP contribution in [0.2, 0.25) is 0 Å². The maximum absolute atomic E-state index is 12.2. The fourth-order valence-corrected chi connectivity index (χ4v) is 2.60. The van der Waals surface area contributed by atoms with Crippen molar-refractivity contribution in [1.82, 2.24) is 5.32 Å². The summed E-state index contributed by atoms with van der Waals surface area (Å²) in [7, 11) is 0. The highest BCUT2D eigenvalue weighted by molar-refractivity contribution is 5.79. The van der Waals surface area contributed by atoms with Gasteiger partial charge in [-0.3, -0.25) is 4.79 Å². The Labute approximate surface area is 110 Å². The molecule has 106 valence electrons. The molecule has 0 heterocycles. The highest BCUT2D eigenvalue weighted by Crippen LogP contribution is 2.33. The van der Waals surface area contributed by atoms with Gasteiger partial charge in [-0.05, 0) is 31.6 Å². The monoisotopic (exact) mass is 257 g/mol. The summed E-state index contributed by atoms with van der Waals surface area (Å²) in [6.07, 6.45) is 4.15. The van der Waals surface area contributed by atoms with Gasteiger partial charge in [-0.1, -0.05) is 26.7 Å². The lowest BCUT2D eigenvalue weighted by Gasteiger charge is -2.34. The summed E-state index contributed by atoms with van der Waals surface area (Å²) >= 11 is 0. The Bertz CT molecular complexity index is 274. The Morgan fingerprint density at radius 1 is 1.33 bits per heavy atom. The first-order chi connectivity index (χ1) is 8.41. The van der Waals surface area contributed by atoms with Crippen LogP contribution in [0.15, 0.2) is 0 Å². The van der Waals surface area contributed by atoms with E-state index in [1.54, 1.807) is 6.92 Å². The lowest BCUT2D eigenvalue weighted by Crippen LogP contribution is -2.53. The molecule has 0 radical (unpaired) electrons. The molecule has 1 fully saturated rings.